The lowest BCUT2D eigenvalue weighted by atomic mass is 9.99. The zero-order chi connectivity index (χ0) is 15.7. The Hall–Kier alpha value is -1.80. The Bertz CT molecular complexity index is 869. The predicted molar refractivity (Wildman–Crippen MR) is 90.4 cm³/mol. The van der Waals surface area contributed by atoms with Crippen LogP contribution in [0.5, 0.6) is 5.75 Å². The Labute approximate surface area is 133 Å². The first-order chi connectivity index (χ1) is 10.4. The van der Waals surface area contributed by atoms with E-state index in [1.807, 2.05) is 67.6 Å². The summed E-state index contributed by atoms with van der Waals surface area (Å²) in [7, 11) is 0. The van der Waals surface area contributed by atoms with Crippen LogP contribution >= 0.6 is 18.2 Å². The van der Waals surface area contributed by atoms with Gasteiger partial charge in [-0.25, -0.2) is 4.57 Å². The lowest BCUT2D eigenvalue weighted by Gasteiger charge is -2.15. The van der Waals surface area contributed by atoms with Crippen molar-refractivity contribution < 1.29 is 14.0 Å². The third kappa shape index (κ3) is 3.17. The fraction of sp³-hybridized carbons (Fsp3) is 0.0588. The van der Waals surface area contributed by atoms with Gasteiger partial charge in [-0.05, 0) is 23.9 Å². The number of hydrogen-bond donors (Lipinski definition) is 1. The Morgan fingerprint density at radius 3 is 2.36 bits per heavy atom. The summed E-state index contributed by atoms with van der Waals surface area (Å²) < 4.78 is 16.8. The van der Waals surface area contributed by atoms with Gasteiger partial charge in [-0.2, -0.15) is 0 Å². The first-order valence-corrected chi connectivity index (χ1v) is 9.23. The van der Waals surface area contributed by atoms with Crippen LogP contribution in [0.2, 0.25) is 0 Å². The molecule has 0 saturated heterocycles. The van der Waals surface area contributed by atoms with Crippen molar-refractivity contribution in [2.24, 2.45) is 0 Å². The summed E-state index contributed by atoms with van der Waals surface area (Å²) in [6, 6.07) is 19.2. The zero-order valence-electron chi connectivity index (χ0n) is 11.9. The molecule has 0 fully saturated rings. The molecule has 0 aromatic heterocycles. The van der Waals surface area contributed by atoms with E-state index in [9.17, 15) is 9.46 Å². The molecule has 5 heteroatoms. The van der Waals surface area contributed by atoms with Gasteiger partial charge in [0.2, 0.25) is 0 Å². The average molecular weight is 333 g/mol. The second-order valence-electron chi connectivity index (χ2n) is 5.07. The fourth-order valence-electron chi connectivity index (χ4n) is 2.41. The third-order valence-electron chi connectivity index (χ3n) is 3.45. The van der Waals surface area contributed by atoms with Crippen molar-refractivity contribution in [3.63, 3.8) is 0 Å². The SMILES string of the molecule is Cc1ccc(-c2ccc3ccccc3c2OP(=O)(O)Cl)cc1. The maximum absolute atomic E-state index is 11.6. The lowest BCUT2D eigenvalue weighted by Crippen LogP contribution is -1.91. The smallest absolute Gasteiger partial charge is 0.412 e. The summed E-state index contributed by atoms with van der Waals surface area (Å²) >= 11 is 5.44. The van der Waals surface area contributed by atoms with Crippen molar-refractivity contribution in [2.45, 2.75) is 6.92 Å². The minimum atomic E-state index is -4.18. The topological polar surface area (TPSA) is 46.5 Å². The quantitative estimate of drug-likeness (QED) is 0.641. The Morgan fingerprint density at radius 1 is 1.00 bits per heavy atom. The number of hydrogen-bond acceptors (Lipinski definition) is 2. The summed E-state index contributed by atoms with van der Waals surface area (Å²) in [5, 5.41) is 1.66. The Kier molecular flexibility index (Phi) is 3.96. The standard InChI is InChI=1S/C17H14ClO3P/c1-12-6-8-14(9-7-12)16-11-10-13-4-2-3-5-15(13)17(16)21-22(18,19)20/h2-11H,1H3,(H,19,20). The van der Waals surface area contributed by atoms with Crippen LogP contribution in [0.15, 0.2) is 60.7 Å². The molecule has 0 bridgehead atoms. The van der Waals surface area contributed by atoms with Gasteiger partial charge in [-0.1, -0.05) is 60.2 Å². The second-order valence-corrected chi connectivity index (χ2v) is 7.44. The van der Waals surface area contributed by atoms with Crippen molar-refractivity contribution in [3.05, 3.63) is 66.2 Å². The van der Waals surface area contributed by atoms with Gasteiger partial charge in [0.25, 0.3) is 0 Å². The van der Waals surface area contributed by atoms with Gasteiger partial charge in [0.1, 0.15) is 5.75 Å². The summed E-state index contributed by atoms with van der Waals surface area (Å²) in [6.45, 7) is -2.17. The van der Waals surface area contributed by atoms with Gasteiger partial charge in [-0.3, -0.25) is 0 Å². The first-order valence-electron chi connectivity index (χ1n) is 6.75. The number of benzene rings is 3. The lowest BCUT2D eigenvalue weighted by molar-refractivity contribution is 0.403. The molecular weight excluding hydrogens is 319 g/mol. The molecule has 0 amide bonds. The number of aryl methyl sites for hydroxylation is 1. The van der Waals surface area contributed by atoms with Gasteiger partial charge in [0, 0.05) is 22.2 Å². The molecule has 22 heavy (non-hydrogen) atoms. The molecule has 0 radical (unpaired) electrons. The van der Waals surface area contributed by atoms with Crippen LogP contribution in [0.1, 0.15) is 5.56 Å². The van der Waals surface area contributed by atoms with E-state index in [0.29, 0.717) is 5.75 Å². The molecule has 0 aliphatic carbocycles. The highest BCUT2D eigenvalue weighted by atomic mass is 35.7. The first kappa shape index (κ1) is 15.1. The maximum Gasteiger partial charge on any atom is 0.474 e. The van der Waals surface area contributed by atoms with Gasteiger partial charge in [0.05, 0.1) is 0 Å². The van der Waals surface area contributed by atoms with Crippen molar-refractivity contribution in [2.75, 3.05) is 0 Å². The van der Waals surface area contributed by atoms with Crippen molar-refractivity contribution in [3.8, 4) is 16.9 Å². The van der Waals surface area contributed by atoms with E-state index in [2.05, 4.69) is 0 Å². The van der Waals surface area contributed by atoms with E-state index < -0.39 is 6.95 Å². The number of rotatable bonds is 3. The molecule has 1 unspecified atom stereocenters. The molecular formula is C17H14ClO3P. The van der Waals surface area contributed by atoms with Crippen LogP contribution in [0.3, 0.4) is 0 Å². The normalized spacial score (nSPS) is 13.8. The van der Waals surface area contributed by atoms with E-state index in [0.717, 1.165) is 27.5 Å². The van der Waals surface area contributed by atoms with Crippen LogP contribution in [0.25, 0.3) is 21.9 Å². The van der Waals surface area contributed by atoms with Crippen LogP contribution < -0.4 is 4.52 Å². The molecule has 3 aromatic rings. The highest BCUT2D eigenvalue weighted by molar-refractivity contribution is 7.80. The van der Waals surface area contributed by atoms with E-state index >= 15 is 0 Å². The molecule has 3 rings (SSSR count). The Balaban J connectivity index is 2.27. The molecule has 1 atom stereocenters. The van der Waals surface area contributed by atoms with E-state index in [1.165, 1.54) is 0 Å². The summed E-state index contributed by atoms with van der Waals surface area (Å²) in [4.78, 5) is 9.44. The minimum Gasteiger partial charge on any atom is -0.412 e. The molecule has 0 aliphatic heterocycles. The second kappa shape index (κ2) is 5.77. The van der Waals surface area contributed by atoms with Crippen LogP contribution in [0.4, 0.5) is 0 Å². The van der Waals surface area contributed by atoms with E-state index in [-0.39, 0.29) is 0 Å². The van der Waals surface area contributed by atoms with Gasteiger partial charge < -0.3 is 9.42 Å². The molecule has 3 aromatic carbocycles. The van der Waals surface area contributed by atoms with E-state index in [4.69, 9.17) is 15.8 Å². The van der Waals surface area contributed by atoms with Gasteiger partial charge in [-0.15, -0.1) is 0 Å². The maximum atomic E-state index is 11.6. The summed E-state index contributed by atoms with van der Waals surface area (Å²) in [6.07, 6.45) is 0. The summed E-state index contributed by atoms with van der Waals surface area (Å²) in [5.74, 6) is 0.322. The number of halogens is 1. The van der Waals surface area contributed by atoms with Crippen LogP contribution in [-0.4, -0.2) is 4.89 Å². The molecule has 3 nitrogen and oxygen atoms in total. The van der Waals surface area contributed by atoms with Crippen molar-refractivity contribution in [1.82, 2.24) is 0 Å². The number of fused-ring (bicyclic) bond motifs is 1. The summed E-state index contributed by atoms with van der Waals surface area (Å²) in [5.41, 5.74) is 2.77. The fourth-order valence-corrected chi connectivity index (χ4v) is 3.04. The molecule has 112 valence electrons. The molecule has 0 spiro atoms. The molecule has 0 heterocycles. The van der Waals surface area contributed by atoms with Crippen molar-refractivity contribution >= 4 is 29.0 Å². The Morgan fingerprint density at radius 2 is 1.68 bits per heavy atom. The van der Waals surface area contributed by atoms with Gasteiger partial charge in [0.15, 0.2) is 0 Å². The molecule has 1 N–H and O–H groups in total. The highest BCUT2D eigenvalue weighted by Crippen LogP contribution is 2.51. The average Bonchev–Trinajstić information content (AvgIpc) is 2.47. The van der Waals surface area contributed by atoms with Crippen LogP contribution in [-0.2, 0) is 4.57 Å². The van der Waals surface area contributed by atoms with Gasteiger partial charge >= 0.3 is 6.95 Å². The highest BCUT2D eigenvalue weighted by Gasteiger charge is 2.21. The molecule has 0 aliphatic rings. The monoisotopic (exact) mass is 332 g/mol. The minimum absolute atomic E-state index is 0.322. The van der Waals surface area contributed by atoms with Crippen LogP contribution in [0, 0.1) is 6.92 Å². The largest absolute Gasteiger partial charge is 0.474 e. The predicted octanol–water partition coefficient (Wildman–Crippen LogP) is 5.53. The third-order valence-corrected chi connectivity index (χ3v) is 4.06. The molecule has 0 saturated carbocycles. The zero-order valence-corrected chi connectivity index (χ0v) is 13.5. The van der Waals surface area contributed by atoms with E-state index in [1.54, 1.807) is 0 Å². The van der Waals surface area contributed by atoms with Crippen molar-refractivity contribution in [1.29, 1.82) is 0 Å².